The number of nitrogens with one attached hydrogen (secondary N) is 1. The summed E-state index contributed by atoms with van der Waals surface area (Å²) in [5.41, 5.74) is 0.960. The molecule has 0 bridgehead atoms. The maximum Gasteiger partial charge on any atom is 0.170 e. The Hall–Kier alpha value is -2.31. The average Bonchev–Trinajstić information content (AvgIpc) is 2.99. The average molecular weight is 283 g/mol. The third-order valence-corrected chi connectivity index (χ3v) is 3.28. The van der Waals surface area contributed by atoms with Crippen LogP contribution in [0.5, 0.6) is 0 Å². The summed E-state index contributed by atoms with van der Waals surface area (Å²) in [7, 11) is 1.68. The molecule has 3 rings (SSSR count). The van der Waals surface area contributed by atoms with E-state index in [1.54, 1.807) is 11.8 Å². The fraction of sp³-hybridized carbons (Fsp3) is 0.267. The molecule has 6 nitrogen and oxygen atoms in total. The van der Waals surface area contributed by atoms with E-state index in [2.05, 4.69) is 45.1 Å². The second-order valence-electron chi connectivity index (χ2n) is 4.71. The van der Waals surface area contributed by atoms with Crippen LogP contribution in [0.3, 0.4) is 0 Å². The van der Waals surface area contributed by atoms with Gasteiger partial charge in [-0.15, -0.1) is 5.10 Å². The number of benzene rings is 2. The van der Waals surface area contributed by atoms with Gasteiger partial charge in [0.2, 0.25) is 0 Å². The summed E-state index contributed by atoms with van der Waals surface area (Å²) in [6.45, 7) is 2.03. The molecule has 0 saturated carbocycles. The second-order valence-corrected chi connectivity index (χ2v) is 4.71. The van der Waals surface area contributed by atoms with Gasteiger partial charge in [-0.1, -0.05) is 30.3 Å². The molecule has 1 aromatic heterocycles. The van der Waals surface area contributed by atoms with E-state index in [1.165, 1.54) is 10.8 Å². The molecule has 0 saturated heterocycles. The lowest BCUT2D eigenvalue weighted by molar-refractivity contribution is 0.199. The van der Waals surface area contributed by atoms with Gasteiger partial charge in [0.1, 0.15) is 0 Å². The van der Waals surface area contributed by atoms with Crippen molar-refractivity contribution in [3.63, 3.8) is 0 Å². The number of aromatic nitrogens is 4. The Morgan fingerprint density at radius 2 is 2.00 bits per heavy atom. The van der Waals surface area contributed by atoms with Gasteiger partial charge < -0.3 is 10.1 Å². The van der Waals surface area contributed by atoms with Gasteiger partial charge in [0.05, 0.1) is 18.8 Å². The molecule has 2 aromatic carbocycles. The summed E-state index contributed by atoms with van der Waals surface area (Å²) in [6, 6.07) is 14.4. The van der Waals surface area contributed by atoms with Crippen LogP contribution in [-0.2, 0) is 11.3 Å². The number of methoxy groups -OCH3 is 1. The number of fused-ring (bicyclic) bond motifs is 1. The van der Waals surface area contributed by atoms with Crippen LogP contribution in [0.25, 0.3) is 16.5 Å². The lowest BCUT2D eigenvalue weighted by Gasteiger charge is -2.07. The van der Waals surface area contributed by atoms with Gasteiger partial charge in [-0.3, -0.25) is 0 Å². The van der Waals surface area contributed by atoms with Gasteiger partial charge in [0, 0.05) is 13.7 Å². The van der Waals surface area contributed by atoms with Gasteiger partial charge >= 0.3 is 0 Å². The van der Waals surface area contributed by atoms with E-state index in [4.69, 9.17) is 4.74 Å². The van der Waals surface area contributed by atoms with E-state index in [0.717, 1.165) is 18.1 Å². The zero-order valence-corrected chi connectivity index (χ0v) is 11.9. The van der Waals surface area contributed by atoms with Crippen molar-refractivity contribution in [3.8, 4) is 5.69 Å². The minimum atomic E-state index is 0.600. The second kappa shape index (κ2) is 6.43. The fourth-order valence-corrected chi connectivity index (χ4v) is 2.20. The van der Waals surface area contributed by atoms with Gasteiger partial charge in [-0.2, -0.15) is 4.68 Å². The monoisotopic (exact) mass is 283 g/mol. The molecular weight excluding hydrogens is 266 g/mol. The first-order valence-corrected chi connectivity index (χ1v) is 6.84. The van der Waals surface area contributed by atoms with E-state index < -0.39 is 0 Å². The number of nitrogens with zero attached hydrogens (tertiary/aromatic N) is 4. The molecule has 0 atom stereocenters. The molecule has 0 aliphatic carbocycles. The van der Waals surface area contributed by atoms with Crippen LogP contribution in [0.15, 0.2) is 42.5 Å². The highest BCUT2D eigenvalue weighted by Crippen LogP contribution is 2.18. The molecule has 21 heavy (non-hydrogen) atoms. The number of hydrogen-bond donors (Lipinski definition) is 1. The maximum absolute atomic E-state index is 5.00. The summed E-state index contributed by atoms with van der Waals surface area (Å²) in [5, 5.41) is 17.5. The highest BCUT2D eigenvalue weighted by atomic mass is 16.5. The predicted octanol–water partition coefficient (Wildman–Crippen LogP) is 1.55. The zero-order chi connectivity index (χ0) is 14.5. The Bertz CT molecular complexity index is 725. The molecule has 0 amide bonds. The standard InChI is InChI=1S/C15H17N5O/c1-21-9-8-16-11-15-17-18-19-20(15)14-7-6-12-4-2-3-5-13(12)10-14/h2-7,10,16H,8-9,11H2,1H3. The molecule has 0 fully saturated rings. The minimum absolute atomic E-state index is 0.600. The van der Waals surface area contributed by atoms with Gasteiger partial charge in [0.25, 0.3) is 0 Å². The van der Waals surface area contributed by atoms with Crippen LogP contribution in [-0.4, -0.2) is 40.5 Å². The van der Waals surface area contributed by atoms with Crippen molar-refractivity contribution in [2.24, 2.45) is 0 Å². The molecular formula is C15H17N5O. The van der Waals surface area contributed by atoms with Crippen LogP contribution >= 0.6 is 0 Å². The Balaban J connectivity index is 1.83. The van der Waals surface area contributed by atoms with E-state index >= 15 is 0 Å². The molecule has 3 aromatic rings. The maximum atomic E-state index is 5.00. The van der Waals surface area contributed by atoms with Crippen molar-refractivity contribution in [1.82, 2.24) is 25.5 Å². The van der Waals surface area contributed by atoms with Gasteiger partial charge in [-0.25, -0.2) is 0 Å². The van der Waals surface area contributed by atoms with Crippen molar-refractivity contribution < 1.29 is 4.74 Å². The molecule has 0 aliphatic rings. The SMILES string of the molecule is COCCNCc1nnnn1-c1ccc2ccccc2c1. The van der Waals surface area contributed by atoms with E-state index in [9.17, 15) is 0 Å². The molecule has 0 spiro atoms. The fourth-order valence-electron chi connectivity index (χ4n) is 2.20. The molecule has 108 valence electrons. The first kappa shape index (κ1) is 13.7. The van der Waals surface area contributed by atoms with Crippen LogP contribution in [0.2, 0.25) is 0 Å². The summed E-state index contributed by atoms with van der Waals surface area (Å²) >= 11 is 0. The van der Waals surface area contributed by atoms with Crippen molar-refractivity contribution in [3.05, 3.63) is 48.3 Å². The quantitative estimate of drug-likeness (QED) is 0.695. The summed E-state index contributed by atoms with van der Waals surface area (Å²) in [4.78, 5) is 0. The number of hydrogen-bond acceptors (Lipinski definition) is 5. The summed E-state index contributed by atoms with van der Waals surface area (Å²) in [5.74, 6) is 0.779. The summed E-state index contributed by atoms with van der Waals surface area (Å²) < 4.78 is 6.76. The largest absolute Gasteiger partial charge is 0.383 e. The third kappa shape index (κ3) is 3.07. The van der Waals surface area contributed by atoms with Crippen molar-refractivity contribution in [2.45, 2.75) is 6.54 Å². The first-order valence-electron chi connectivity index (χ1n) is 6.84. The first-order chi connectivity index (χ1) is 10.4. The van der Waals surface area contributed by atoms with E-state index in [1.807, 2.05) is 18.2 Å². The smallest absolute Gasteiger partial charge is 0.170 e. The number of ether oxygens (including phenoxy) is 1. The van der Waals surface area contributed by atoms with E-state index in [-0.39, 0.29) is 0 Å². The van der Waals surface area contributed by atoms with Crippen molar-refractivity contribution in [2.75, 3.05) is 20.3 Å². The zero-order valence-electron chi connectivity index (χ0n) is 11.9. The third-order valence-electron chi connectivity index (χ3n) is 3.28. The molecule has 0 radical (unpaired) electrons. The topological polar surface area (TPSA) is 64.9 Å². The Labute approximate surface area is 122 Å². The number of tetrazole rings is 1. The Morgan fingerprint density at radius 1 is 1.14 bits per heavy atom. The van der Waals surface area contributed by atoms with Crippen LogP contribution < -0.4 is 5.32 Å². The van der Waals surface area contributed by atoms with Crippen LogP contribution in [0, 0.1) is 0 Å². The normalized spacial score (nSPS) is 11.1. The van der Waals surface area contributed by atoms with Gasteiger partial charge in [-0.05, 0) is 33.3 Å². The number of rotatable bonds is 6. The Kier molecular flexibility index (Phi) is 4.18. The lowest BCUT2D eigenvalue weighted by atomic mass is 10.1. The van der Waals surface area contributed by atoms with E-state index in [0.29, 0.717) is 13.2 Å². The van der Waals surface area contributed by atoms with Crippen molar-refractivity contribution in [1.29, 1.82) is 0 Å². The van der Waals surface area contributed by atoms with Crippen LogP contribution in [0.4, 0.5) is 0 Å². The predicted molar refractivity (Wildman–Crippen MR) is 80.2 cm³/mol. The minimum Gasteiger partial charge on any atom is -0.383 e. The molecule has 1 N–H and O–H groups in total. The Morgan fingerprint density at radius 3 is 2.86 bits per heavy atom. The highest BCUT2D eigenvalue weighted by molar-refractivity contribution is 5.84. The molecule has 0 aliphatic heterocycles. The highest BCUT2D eigenvalue weighted by Gasteiger charge is 2.08. The molecule has 0 unspecified atom stereocenters. The van der Waals surface area contributed by atoms with Crippen LogP contribution in [0.1, 0.15) is 5.82 Å². The van der Waals surface area contributed by atoms with Crippen molar-refractivity contribution >= 4 is 10.8 Å². The molecule has 1 heterocycles. The lowest BCUT2D eigenvalue weighted by Crippen LogP contribution is -2.21. The summed E-state index contributed by atoms with van der Waals surface area (Å²) in [6.07, 6.45) is 0. The van der Waals surface area contributed by atoms with Gasteiger partial charge in [0.15, 0.2) is 5.82 Å². The molecule has 6 heteroatoms.